The first-order valence-corrected chi connectivity index (χ1v) is 6.01. The first-order valence-electron chi connectivity index (χ1n) is 6.01. The molecule has 0 aromatic rings. The molecule has 1 fully saturated rings. The summed E-state index contributed by atoms with van der Waals surface area (Å²) < 4.78 is 10.4. The van der Waals surface area contributed by atoms with E-state index < -0.39 is 0 Å². The summed E-state index contributed by atoms with van der Waals surface area (Å²) >= 11 is 0. The second kappa shape index (κ2) is 6.42. The summed E-state index contributed by atoms with van der Waals surface area (Å²) in [5, 5.41) is 0. The van der Waals surface area contributed by atoms with Crippen molar-refractivity contribution in [1.29, 1.82) is 0 Å². The Morgan fingerprint density at radius 2 is 2.00 bits per heavy atom. The van der Waals surface area contributed by atoms with Crippen molar-refractivity contribution in [3.8, 4) is 0 Å². The van der Waals surface area contributed by atoms with Crippen molar-refractivity contribution >= 4 is 11.8 Å². The van der Waals surface area contributed by atoms with E-state index in [9.17, 15) is 9.59 Å². The van der Waals surface area contributed by atoms with E-state index in [1.165, 1.54) is 0 Å². The number of rotatable bonds is 5. The molecule has 1 saturated carbocycles. The highest BCUT2D eigenvalue weighted by Crippen LogP contribution is 2.18. The van der Waals surface area contributed by atoms with E-state index >= 15 is 0 Å². The molecule has 0 saturated heterocycles. The molecule has 0 unspecified atom stereocenters. The third kappa shape index (κ3) is 5.02. The largest absolute Gasteiger partial charge is 0.487 e. The van der Waals surface area contributed by atoms with Crippen LogP contribution in [0.1, 0.15) is 39.5 Å². The fraction of sp³-hybridized carbons (Fsp3) is 0.692. The summed E-state index contributed by atoms with van der Waals surface area (Å²) in [7, 11) is 0. The molecular weight excluding hydrogens is 220 g/mol. The molecule has 0 radical (unpaired) electrons. The molecule has 0 aliphatic heterocycles. The second-order valence-electron chi connectivity index (χ2n) is 4.64. The quantitative estimate of drug-likeness (QED) is 0.546. The number of hydrogen-bond donors (Lipinski definition) is 0. The maximum atomic E-state index is 11.4. The molecule has 4 nitrogen and oxygen atoms in total. The monoisotopic (exact) mass is 240 g/mol. The zero-order valence-corrected chi connectivity index (χ0v) is 10.5. The Balaban J connectivity index is 2.21. The highest BCUT2D eigenvalue weighted by Gasteiger charge is 2.22. The minimum atomic E-state index is -0.383. The lowest BCUT2D eigenvalue weighted by Crippen LogP contribution is -2.26. The molecule has 0 atom stereocenters. The molecule has 0 aromatic heterocycles. The van der Waals surface area contributed by atoms with Gasteiger partial charge in [-0.25, -0.2) is 4.79 Å². The van der Waals surface area contributed by atoms with Gasteiger partial charge in [-0.15, -0.1) is 0 Å². The van der Waals surface area contributed by atoms with Crippen LogP contribution in [0, 0.1) is 5.92 Å². The standard InChI is InChI=1S/C13H20O4/c1-9(2)10(3)16-8-13(15)17-12-6-4-11(14)5-7-12/h9,12H,3-8H2,1-2H3. The van der Waals surface area contributed by atoms with Gasteiger partial charge in [0.15, 0.2) is 6.61 Å². The van der Waals surface area contributed by atoms with Crippen molar-refractivity contribution in [2.45, 2.75) is 45.6 Å². The summed E-state index contributed by atoms with van der Waals surface area (Å²) in [6, 6.07) is 0. The first-order chi connectivity index (χ1) is 7.99. The lowest BCUT2D eigenvalue weighted by atomic mass is 9.96. The molecule has 0 N–H and O–H groups in total. The van der Waals surface area contributed by atoms with Crippen LogP contribution < -0.4 is 0 Å². The van der Waals surface area contributed by atoms with E-state index in [1.54, 1.807) is 0 Å². The molecule has 1 rings (SSSR count). The van der Waals surface area contributed by atoms with Gasteiger partial charge in [0.25, 0.3) is 0 Å². The fourth-order valence-electron chi connectivity index (χ4n) is 1.57. The number of carbonyl (C=O) groups excluding carboxylic acids is 2. The predicted molar refractivity (Wildman–Crippen MR) is 63.3 cm³/mol. The number of ketones is 1. The average Bonchev–Trinajstić information content (AvgIpc) is 2.29. The minimum Gasteiger partial charge on any atom is -0.487 e. The molecule has 0 amide bonds. The normalized spacial score (nSPS) is 17.0. The Morgan fingerprint density at radius 1 is 1.41 bits per heavy atom. The molecule has 0 bridgehead atoms. The van der Waals surface area contributed by atoms with E-state index in [1.807, 2.05) is 13.8 Å². The Bertz CT molecular complexity index is 297. The van der Waals surface area contributed by atoms with Crippen molar-refractivity contribution in [3.63, 3.8) is 0 Å². The van der Waals surface area contributed by atoms with Crippen LogP contribution in [0.2, 0.25) is 0 Å². The predicted octanol–water partition coefficient (Wildman–Crippen LogP) is 2.23. The van der Waals surface area contributed by atoms with E-state index in [0.29, 0.717) is 31.4 Å². The molecule has 1 aliphatic carbocycles. The molecule has 4 heteroatoms. The molecule has 0 heterocycles. The lowest BCUT2D eigenvalue weighted by molar-refractivity contribution is -0.155. The van der Waals surface area contributed by atoms with Crippen molar-refractivity contribution < 1.29 is 19.1 Å². The zero-order valence-electron chi connectivity index (χ0n) is 10.5. The zero-order chi connectivity index (χ0) is 12.8. The van der Waals surface area contributed by atoms with Crippen LogP contribution in [0.25, 0.3) is 0 Å². The van der Waals surface area contributed by atoms with E-state index in [-0.39, 0.29) is 30.4 Å². The third-order valence-electron chi connectivity index (χ3n) is 2.81. The molecule has 0 spiro atoms. The highest BCUT2D eigenvalue weighted by molar-refractivity contribution is 5.79. The Morgan fingerprint density at radius 3 is 2.53 bits per heavy atom. The highest BCUT2D eigenvalue weighted by atomic mass is 16.6. The van der Waals surface area contributed by atoms with Crippen LogP contribution in [0.15, 0.2) is 12.3 Å². The number of carbonyl (C=O) groups is 2. The summed E-state index contributed by atoms with van der Waals surface area (Å²) in [6.07, 6.45) is 2.16. The van der Waals surface area contributed by atoms with E-state index in [2.05, 4.69) is 6.58 Å². The second-order valence-corrected chi connectivity index (χ2v) is 4.64. The van der Waals surface area contributed by atoms with Gasteiger partial charge in [0.1, 0.15) is 11.9 Å². The van der Waals surface area contributed by atoms with E-state index in [0.717, 1.165) is 0 Å². The maximum absolute atomic E-state index is 11.4. The Labute approximate surface area is 102 Å². The van der Waals surface area contributed by atoms with Crippen molar-refractivity contribution in [2.24, 2.45) is 5.92 Å². The molecule has 1 aliphatic rings. The number of allylic oxidation sites excluding steroid dienone is 1. The Kier molecular flexibility index (Phi) is 5.19. The van der Waals surface area contributed by atoms with Crippen LogP contribution in [0.5, 0.6) is 0 Å². The van der Waals surface area contributed by atoms with Crippen LogP contribution in [0.4, 0.5) is 0 Å². The van der Waals surface area contributed by atoms with E-state index in [4.69, 9.17) is 9.47 Å². The molecule has 96 valence electrons. The van der Waals surface area contributed by atoms with Gasteiger partial charge in [0, 0.05) is 18.8 Å². The summed E-state index contributed by atoms with van der Waals surface area (Å²) in [4.78, 5) is 22.5. The summed E-state index contributed by atoms with van der Waals surface area (Å²) in [5.41, 5.74) is 0. The number of Topliss-reactive ketones (excluding diaryl/α,β-unsaturated/α-hetero) is 1. The number of hydrogen-bond acceptors (Lipinski definition) is 4. The fourth-order valence-corrected chi connectivity index (χ4v) is 1.57. The summed E-state index contributed by atoms with van der Waals surface area (Å²) in [6.45, 7) is 7.50. The van der Waals surface area contributed by atoms with Crippen molar-refractivity contribution in [1.82, 2.24) is 0 Å². The SMILES string of the molecule is C=C(OCC(=O)OC1CCC(=O)CC1)C(C)C. The van der Waals surface area contributed by atoms with Gasteiger partial charge in [-0.1, -0.05) is 20.4 Å². The van der Waals surface area contributed by atoms with Crippen LogP contribution >= 0.6 is 0 Å². The third-order valence-corrected chi connectivity index (χ3v) is 2.81. The first kappa shape index (κ1) is 13.7. The molecular formula is C13H20O4. The van der Waals surface area contributed by atoms with Crippen molar-refractivity contribution in [2.75, 3.05) is 6.61 Å². The van der Waals surface area contributed by atoms with Gasteiger partial charge in [0.2, 0.25) is 0 Å². The minimum absolute atomic E-state index is 0.0958. The van der Waals surface area contributed by atoms with Gasteiger partial charge in [-0.05, 0) is 12.8 Å². The number of ether oxygens (including phenoxy) is 2. The van der Waals surface area contributed by atoms with Gasteiger partial charge >= 0.3 is 5.97 Å². The van der Waals surface area contributed by atoms with Crippen LogP contribution in [0.3, 0.4) is 0 Å². The van der Waals surface area contributed by atoms with Gasteiger partial charge in [-0.2, -0.15) is 0 Å². The summed E-state index contributed by atoms with van der Waals surface area (Å²) in [5.74, 6) is 0.642. The van der Waals surface area contributed by atoms with Gasteiger partial charge < -0.3 is 9.47 Å². The van der Waals surface area contributed by atoms with Crippen LogP contribution in [-0.2, 0) is 19.1 Å². The van der Waals surface area contributed by atoms with Gasteiger partial charge in [0.05, 0.1) is 5.76 Å². The smallest absolute Gasteiger partial charge is 0.344 e. The molecule has 0 aromatic carbocycles. The Hall–Kier alpha value is -1.32. The lowest BCUT2D eigenvalue weighted by Gasteiger charge is -2.21. The topological polar surface area (TPSA) is 52.6 Å². The average molecular weight is 240 g/mol. The van der Waals surface area contributed by atoms with Crippen LogP contribution in [-0.4, -0.2) is 24.5 Å². The molecule has 17 heavy (non-hydrogen) atoms. The van der Waals surface area contributed by atoms with Crippen molar-refractivity contribution in [3.05, 3.63) is 12.3 Å². The number of esters is 1. The maximum Gasteiger partial charge on any atom is 0.344 e. The van der Waals surface area contributed by atoms with Gasteiger partial charge in [-0.3, -0.25) is 4.79 Å².